The Labute approximate surface area is 85.1 Å². The number of hydrogen-bond acceptors (Lipinski definition) is 2. The second kappa shape index (κ2) is 4.01. The molecular weight excluding hydrogens is 174 g/mol. The monoisotopic (exact) mass is 191 g/mol. The van der Waals surface area contributed by atoms with Gasteiger partial charge in [0.2, 0.25) is 0 Å². The van der Waals surface area contributed by atoms with Crippen molar-refractivity contribution in [2.45, 2.75) is 32.2 Å². The van der Waals surface area contributed by atoms with Gasteiger partial charge in [0.1, 0.15) is 5.75 Å². The number of benzene rings is 1. The van der Waals surface area contributed by atoms with E-state index in [9.17, 15) is 0 Å². The topological polar surface area (TPSA) is 35.2 Å². The summed E-state index contributed by atoms with van der Waals surface area (Å²) in [6, 6.07) is 6.43. The summed E-state index contributed by atoms with van der Waals surface area (Å²) in [6.45, 7) is 2.97. The average molecular weight is 191 g/mol. The van der Waals surface area contributed by atoms with Crippen LogP contribution in [-0.2, 0) is 6.42 Å². The fourth-order valence-corrected chi connectivity index (χ4v) is 2.00. The standard InChI is InChI=1S/C12H17NO/c1-2-4-11(13)10-6-3-5-9-7-8-14-12(9)10/h3,5-6,11H,2,4,7-8,13H2,1H3/t11-/m1/s1. The average Bonchev–Trinajstić information content (AvgIpc) is 2.65. The van der Waals surface area contributed by atoms with Gasteiger partial charge in [0.25, 0.3) is 0 Å². The highest BCUT2D eigenvalue weighted by atomic mass is 16.5. The number of para-hydroxylation sites is 1. The highest BCUT2D eigenvalue weighted by Gasteiger charge is 2.18. The van der Waals surface area contributed by atoms with Gasteiger partial charge < -0.3 is 10.5 Å². The first-order chi connectivity index (χ1) is 6.83. The maximum atomic E-state index is 6.10. The summed E-state index contributed by atoms with van der Waals surface area (Å²) in [4.78, 5) is 0. The van der Waals surface area contributed by atoms with Gasteiger partial charge in [-0.1, -0.05) is 31.5 Å². The second-order valence-electron chi connectivity index (χ2n) is 3.83. The Morgan fingerprint density at radius 1 is 1.50 bits per heavy atom. The van der Waals surface area contributed by atoms with Gasteiger partial charge in [0.05, 0.1) is 6.61 Å². The van der Waals surface area contributed by atoms with Crippen LogP contribution in [0.2, 0.25) is 0 Å². The summed E-state index contributed by atoms with van der Waals surface area (Å²) >= 11 is 0. The van der Waals surface area contributed by atoms with E-state index in [-0.39, 0.29) is 6.04 Å². The van der Waals surface area contributed by atoms with Gasteiger partial charge in [-0.05, 0) is 12.0 Å². The number of rotatable bonds is 3. The number of ether oxygens (including phenoxy) is 1. The van der Waals surface area contributed by atoms with E-state index in [1.807, 2.05) is 0 Å². The van der Waals surface area contributed by atoms with Crippen LogP contribution in [0.5, 0.6) is 5.75 Å². The zero-order valence-electron chi connectivity index (χ0n) is 8.62. The minimum atomic E-state index is 0.132. The van der Waals surface area contributed by atoms with Crippen molar-refractivity contribution in [3.63, 3.8) is 0 Å². The van der Waals surface area contributed by atoms with Crippen molar-refractivity contribution in [2.75, 3.05) is 6.61 Å². The molecule has 0 saturated carbocycles. The predicted molar refractivity (Wildman–Crippen MR) is 57.5 cm³/mol. The van der Waals surface area contributed by atoms with Gasteiger partial charge in [-0.2, -0.15) is 0 Å². The third-order valence-corrected chi connectivity index (χ3v) is 2.74. The Kier molecular flexibility index (Phi) is 2.73. The van der Waals surface area contributed by atoms with Crippen molar-refractivity contribution in [1.29, 1.82) is 0 Å². The Balaban J connectivity index is 2.29. The van der Waals surface area contributed by atoms with Gasteiger partial charge in [0, 0.05) is 18.0 Å². The summed E-state index contributed by atoms with van der Waals surface area (Å²) in [5.41, 5.74) is 8.59. The predicted octanol–water partition coefficient (Wildman–Crippen LogP) is 2.42. The summed E-state index contributed by atoms with van der Waals surface area (Å²) in [7, 11) is 0. The molecule has 1 atom stereocenters. The lowest BCUT2D eigenvalue weighted by molar-refractivity contribution is 0.350. The third-order valence-electron chi connectivity index (χ3n) is 2.74. The quantitative estimate of drug-likeness (QED) is 0.796. The molecule has 14 heavy (non-hydrogen) atoms. The normalized spacial score (nSPS) is 16.1. The van der Waals surface area contributed by atoms with Crippen LogP contribution in [0.4, 0.5) is 0 Å². The fourth-order valence-electron chi connectivity index (χ4n) is 2.00. The SMILES string of the molecule is CCC[C@@H](N)c1cccc2c1OCC2. The van der Waals surface area contributed by atoms with E-state index in [2.05, 4.69) is 25.1 Å². The van der Waals surface area contributed by atoms with E-state index in [4.69, 9.17) is 10.5 Å². The minimum Gasteiger partial charge on any atom is -0.493 e. The van der Waals surface area contributed by atoms with Crippen LogP contribution < -0.4 is 10.5 Å². The lowest BCUT2D eigenvalue weighted by Gasteiger charge is -2.14. The molecule has 1 aliphatic heterocycles. The molecule has 0 fully saturated rings. The maximum Gasteiger partial charge on any atom is 0.127 e. The molecule has 0 aromatic heterocycles. The van der Waals surface area contributed by atoms with Gasteiger partial charge in [0.15, 0.2) is 0 Å². The molecule has 0 spiro atoms. The molecule has 0 radical (unpaired) electrons. The Morgan fingerprint density at radius 3 is 3.14 bits per heavy atom. The van der Waals surface area contributed by atoms with Crippen LogP contribution in [0.3, 0.4) is 0 Å². The Morgan fingerprint density at radius 2 is 2.36 bits per heavy atom. The van der Waals surface area contributed by atoms with E-state index in [0.717, 1.165) is 31.6 Å². The van der Waals surface area contributed by atoms with E-state index < -0.39 is 0 Å². The van der Waals surface area contributed by atoms with Crippen LogP contribution >= 0.6 is 0 Å². The molecule has 0 aliphatic carbocycles. The highest BCUT2D eigenvalue weighted by Crippen LogP contribution is 2.33. The highest BCUT2D eigenvalue weighted by molar-refractivity contribution is 5.45. The van der Waals surface area contributed by atoms with Crippen LogP contribution in [0.15, 0.2) is 18.2 Å². The summed E-state index contributed by atoms with van der Waals surface area (Å²) in [6.07, 6.45) is 3.17. The molecular formula is C12H17NO. The summed E-state index contributed by atoms with van der Waals surface area (Å²) in [5.74, 6) is 1.05. The molecule has 2 rings (SSSR count). The first kappa shape index (κ1) is 9.53. The first-order valence-corrected chi connectivity index (χ1v) is 5.33. The van der Waals surface area contributed by atoms with E-state index >= 15 is 0 Å². The summed E-state index contributed by atoms with van der Waals surface area (Å²) in [5, 5.41) is 0. The van der Waals surface area contributed by atoms with Gasteiger partial charge in [-0.15, -0.1) is 0 Å². The zero-order chi connectivity index (χ0) is 9.97. The molecule has 2 nitrogen and oxygen atoms in total. The van der Waals surface area contributed by atoms with Crippen LogP contribution in [0.25, 0.3) is 0 Å². The second-order valence-corrected chi connectivity index (χ2v) is 3.83. The van der Waals surface area contributed by atoms with Crippen LogP contribution in [0.1, 0.15) is 36.9 Å². The third kappa shape index (κ3) is 1.62. The molecule has 0 saturated heterocycles. The fraction of sp³-hybridized carbons (Fsp3) is 0.500. The smallest absolute Gasteiger partial charge is 0.127 e. The van der Waals surface area contributed by atoms with Gasteiger partial charge in [-0.25, -0.2) is 0 Å². The van der Waals surface area contributed by atoms with Crippen molar-refractivity contribution < 1.29 is 4.74 Å². The van der Waals surface area contributed by atoms with Gasteiger partial charge in [-0.3, -0.25) is 0 Å². The first-order valence-electron chi connectivity index (χ1n) is 5.33. The summed E-state index contributed by atoms with van der Waals surface area (Å²) < 4.78 is 5.62. The molecule has 0 bridgehead atoms. The largest absolute Gasteiger partial charge is 0.493 e. The molecule has 2 heteroatoms. The van der Waals surface area contributed by atoms with Crippen LogP contribution in [0, 0.1) is 0 Å². The van der Waals surface area contributed by atoms with E-state index in [1.54, 1.807) is 0 Å². The van der Waals surface area contributed by atoms with Gasteiger partial charge >= 0.3 is 0 Å². The minimum absolute atomic E-state index is 0.132. The molecule has 0 amide bonds. The number of hydrogen-bond donors (Lipinski definition) is 1. The maximum absolute atomic E-state index is 6.10. The molecule has 1 aromatic rings. The lowest BCUT2D eigenvalue weighted by atomic mass is 9.99. The molecule has 1 aliphatic rings. The van der Waals surface area contributed by atoms with Crippen molar-refractivity contribution in [1.82, 2.24) is 0 Å². The van der Waals surface area contributed by atoms with Crippen molar-refractivity contribution in [3.8, 4) is 5.75 Å². The van der Waals surface area contributed by atoms with E-state index in [1.165, 1.54) is 11.1 Å². The number of nitrogens with two attached hydrogens (primary N) is 1. The molecule has 76 valence electrons. The van der Waals surface area contributed by atoms with Crippen molar-refractivity contribution in [3.05, 3.63) is 29.3 Å². The molecule has 2 N–H and O–H groups in total. The zero-order valence-corrected chi connectivity index (χ0v) is 8.62. The number of fused-ring (bicyclic) bond motifs is 1. The molecule has 1 heterocycles. The Hall–Kier alpha value is -1.02. The molecule has 1 aromatic carbocycles. The Bertz CT molecular complexity index is 322. The van der Waals surface area contributed by atoms with Crippen molar-refractivity contribution in [2.24, 2.45) is 5.73 Å². The van der Waals surface area contributed by atoms with Crippen LogP contribution in [-0.4, -0.2) is 6.61 Å². The van der Waals surface area contributed by atoms with E-state index in [0.29, 0.717) is 0 Å². The molecule has 0 unspecified atom stereocenters. The van der Waals surface area contributed by atoms with Crippen molar-refractivity contribution >= 4 is 0 Å². The lowest BCUT2D eigenvalue weighted by Crippen LogP contribution is -2.10.